The number of fused-ring (bicyclic) bond motifs is 1. The number of likely N-dealkylation sites (tertiary alicyclic amines) is 1. The quantitative estimate of drug-likeness (QED) is 0.351. The summed E-state index contributed by atoms with van der Waals surface area (Å²) in [6.45, 7) is 2.21. The molecule has 1 saturated heterocycles. The Morgan fingerprint density at radius 1 is 1.21 bits per heavy atom. The summed E-state index contributed by atoms with van der Waals surface area (Å²) in [4.78, 5) is 22.8. The molecule has 10 heteroatoms. The first-order chi connectivity index (χ1) is 16.3. The molecule has 4 aromatic rings. The predicted octanol–water partition coefficient (Wildman–Crippen LogP) is 6.35. The molecule has 2 aromatic carbocycles. The molecule has 1 atom stereocenters. The van der Waals surface area contributed by atoms with Crippen molar-refractivity contribution in [1.82, 2.24) is 20.0 Å². The Morgan fingerprint density at radius 3 is 2.74 bits per heavy atom. The van der Waals surface area contributed by atoms with Crippen LogP contribution in [-0.4, -0.2) is 38.5 Å². The molecule has 1 amide bonds. The van der Waals surface area contributed by atoms with Gasteiger partial charge in [-0.25, -0.2) is 13.8 Å². The highest BCUT2D eigenvalue weighted by Crippen LogP contribution is 2.38. The average molecular weight is 505 g/mol. The minimum Gasteiger partial charge on any atom is -0.360 e. The van der Waals surface area contributed by atoms with Crippen LogP contribution in [0.1, 0.15) is 41.2 Å². The van der Waals surface area contributed by atoms with E-state index in [2.05, 4.69) is 15.1 Å². The molecule has 34 heavy (non-hydrogen) atoms. The fraction of sp³-hybridized carbons (Fsp3) is 0.292. The van der Waals surface area contributed by atoms with Gasteiger partial charge in [-0.1, -0.05) is 34.4 Å². The van der Waals surface area contributed by atoms with Gasteiger partial charge in [0, 0.05) is 24.6 Å². The number of H-pyrrole nitrogens is 1. The van der Waals surface area contributed by atoms with Gasteiger partial charge in [-0.05, 0) is 50.5 Å². The van der Waals surface area contributed by atoms with Crippen molar-refractivity contribution in [3.8, 4) is 11.3 Å². The van der Waals surface area contributed by atoms with E-state index in [1.165, 1.54) is 6.07 Å². The van der Waals surface area contributed by atoms with E-state index in [-0.39, 0.29) is 17.5 Å². The van der Waals surface area contributed by atoms with E-state index < -0.39 is 11.6 Å². The molecule has 1 unspecified atom stereocenters. The Kier molecular flexibility index (Phi) is 6.04. The maximum Gasteiger partial charge on any atom is 0.260 e. The van der Waals surface area contributed by atoms with Crippen LogP contribution in [0.4, 0.5) is 8.78 Å². The van der Waals surface area contributed by atoms with Gasteiger partial charge < -0.3 is 14.4 Å². The summed E-state index contributed by atoms with van der Waals surface area (Å²) in [5, 5.41) is 4.82. The van der Waals surface area contributed by atoms with Crippen molar-refractivity contribution in [1.29, 1.82) is 0 Å². The van der Waals surface area contributed by atoms with Crippen molar-refractivity contribution in [3.63, 3.8) is 0 Å². The third-order valence-corrected chi connectivity index (χ3v) is 6.82. The highest BCUT2D eigenvalue weighted by atomic mass is 35.5. The molecule has 0 bridgehead atoms. The Balaban J connectivity index is 1.48. The molecule has 0 spiro atoms. The number of piperidine rings is 1. The molecular weight excluding hydrogens is 485 g/mol. The normalized spacial score (nSPS) is 16.4. The van der Waals surface area contributed by atoms with Crippen molar-refractivity contribution in [2.24, 2.45) is 0 Å². The summed E-state index contributed by atoms with van der Waals surface area (Å²) in [6, 6.07) is 7.38. The van der Waals surface area contributed by atoms with Gasteiger partial charge in [-0.3, -0.25) is 4.79 Å². The number of carbonyl (C=O) groups is 1. The standard InChI is InChI=1S/C24H20Cl2F2N4O2/c1-12-19(23(31-34-12)20-14(25)6-4-7-15(20)26)24(33)32-10-3-2-5-13(32)11-18-29-17-9-8-16(27)21(28)22(17)30-18/h4,6-9,13H,2-3,5,10-11H2,1H3,(H,29,30). The third kappa shape index (κ3) is 3.95. The van der Waals surface area contributed by atoms with Crippen molar-refractivity contribution in [3.05, 3.63) is 69.2 Å². The van der Waals surface area contributed by atoms with Crippen molar-refractivity contribution in [2.45, 2.75) is 38.6 Å². The summed E-state index contributed by atoms with van der Waals surface area (Å²) in [5.74, 6) is -1.34. The number of rotatable bonds is 4. The average Bonchev–Trinajstić information content (AvgIpc) is 3.40. The number of aromatic nitrogens is 3. The van der Waals surface area contributed by atoms with E-state index in [0.29, 0.717) is 56.9 Å². The van der Waals surface area contributed by atoms with E-state index in [1.54, 1.807) is 30.0 Å². The summed E-state index contributed by atoms with van der Waals surface area (Å²) in [7, 11) is 0. The van der Waals surface area contributed by atoms with Gasteiger partial charge in [0.1, 0.15) is 28.4 Å². The lowest BCUT2D eigenvalue weighted by molar-refractivity contribution is 0.0610. The number of nitrogens with zero attached hydrogens (tertiary/aromatic N) is 3. The smallest absolute Gasteiger partial charge is 0.260 e. The number of aromatic amines is 1. The van der Waals surface area contributed by atoms with Crippen LogP contribution in [0.5, 0.6) is 0 Å². The van der Waals surface area contributed by atoms with Gasteiger partial charge >= 0.3 is 0 Å². The van der Waals surface area contributed by atoms with E-state index in [9.17, 15) is 13.6 Å². The minimum absolute atomic E-state index is 0.0470. The van der Waals surface area contributed by atoms with Crippen LogP contribution in [-0.2, 0) is 6.42 Å². The molecule has 0 saturated carbocycles. The molecular formula is C24H20Cl2F2N4O2. The summed E-state index contributed by atoms with van der Waals surface area (Å²) in [5.41, 5.74) is 1.40. The molecule has 0 aliphatic carbocycles. The second kappa shape index (κ2) is 9.00. The zero-order valence-electron chi connectivity index (χ0n) is 18.2. The van der Waals surface area contributed by atoms with E-state index in [1.807, 2.05) is 0 Å². The van der Waals surface area contributed by atoms with E-state index in [4.69, 9.17) is 27.7 Å². The lowest BCUT2D eigenvalue weighted by Crippen LogP contribution is -2.45. The highest BCUT2D eigenvalue weighted by molar-refractivity contribution is 6.39. The van der Waals surface area contributed by atoms with Crippen molar-refractivity contribution < 1.29 is 18.1 Å². The fourth-order valence-corrected chi connectivity index (χ4v) is 5.11. The molecule has 6 nitrogen and oxygen atoms in total. The first-order valence-corrected chi connectivity index (χ1v) is 11.6. The van der Waals surface area contributed by atoms with Crippen LogP contribution < -0.4 is 0 Å². The lowest BCUT2D eigenvalue weighted by Gasteiger charge is -2.35. The molecule has 1 N–H and O–H groups in total. The van der Waals surface area contributed by atoms with Gasteiger partial charge in [-0.15, -0.1) is 0 Å². The van der Waals surface area contributed by atoms with Crippen LogP contribution in [0.25, 0.3) is 22.3 Å². The van der Waals surface area contributed by atoms with Crippen molar-refractivity contribution >= 4 is 40.1 Å². The van der Waals surface area contributed by atoms with Crippen molar-refractivity contribution in [2.75, 3.05) is 6.54 Å². The van der Waals surface area contributed by atoms with Crippen LogP contribution in [0.2, 0.25) is 10.0 Å². The second-order valence-electron chi connectivity index (χ2n) is 8.35. The van der Waals surface area contributed by atoms with E-state index >= 15 is 0 Å². The molecule has 1 fully saturated rings. The summed E-state index contributed by atoms with van der Waals surface area (Å²) >= 11 is 12.7. The second-order valence-corrected chi connectivity index (χ2v) is 9.17. The highest BCUT2D eigenvalue weighted by Gasteiger charge is 2.34. The first kappa shape index (κ1) is 22.8. The molecule has 3 heterocycles. The van der Waals surface area contributed by atoms with Gasteiger partial charge in [0.05, 0.1) is 15.6 Å². The zero-order chi connectivity index (χ0) is 24.0. The number of hydrogen-bond acceptors (Lipinski definition) is 4. The molecule has 0 radical (unpaired) electrons. The van der Waals surface area contributed by atoms with Crippen LogP contribution in [0, 0.1) is 18.6 Å². The van der Waals surface area contributed by atoms with Gasteiger partial charge in [0.25, 0.3) is 5.91 Å². The number of benzene rings is 2. The largest absolute Gasteiger partial charge is 0.360 e. The molecule has 176 valence electrons. The molecule has 1 aliphatic rings. The molecule has 2 aromatic heterocycles. The number of aryl methyl sites for hydroxylation is 1. The zero-order valence-corrected chi connectivity index (χ0v) is 19.7. The number of halogens is 4. The van der Waals surface area contributed by atoms with Crippen LogP contribution >= 0.6 is 23.2 Å². The number of hydrogen-bond donors (Lipinski definition) is 1. The number of carbonyl (C=O) groups excluding carboxylic acids is 1. The Hall–Kier alpha value is -2.97. The number of amides is 1. The van der Waals surface area contributed by atoms with Crippen LogP contribution in [0.3, 0.4) is 0 Å². The monoisotopic (exact) mass is 504 g/mol. The number of nitrogens with one attached hydrogen (secondary N) is 1. The fourth-order valence-electron chi connectivity index (χ4n) is 4.53. The third-order valence-electron chi connectivity index (χ3n) is 6.19. The van der Waals surface area contributed by atoms with Gasteiger partial charge in [0.15, 0.2) is 11.6 Å². The van der Waals surface area contributed by atoms with E-state index in [0.717, 1.165) is 25.3 Å². The van der Waals surface area contributed by atoms with Gasteiger partial charge in [0.2, 0.25) is 0 Å². The molecule has 5 rings (SSSR count). The first-order valence-electron chi connectivity index (χ1n) is 10.9. The summed E-state index contributed by atoms with van der Waals surface area (Å²) in [6.07, 6.45) is 2.89. The SMILES string of the molecule is Cc1onc(-c2c(Cl)cccc2Cl)c1C(=O)N1CCCCC1Cc1nc2c(F)c(F)ccc2[nH]1. The topological polar surface area (TPSA) is 75.0 Å². The minimum atomic E-state index is -0.988. The maximum atomic E-state index is 14.1. The number of imidazole rings is 1. The van der Waals surface area contributed by atoms with Gasteiger partial charge in [-0.2, -0.15) is 0 Å². The summed E-state index contributed by atoms with van der Waals surface area (Å²) < 4.78 is 33.1. The Bertz CT molecular complexity index is 1380. The Labute approximate surface area is 203 Å². The van der Waals surface area contributed by atoms with Crippen LogP contribution in [0.15, 0.2) is 34.9 Å². The lowest BCUT2D eigenvalue weighted by atomic mass is 9.96. The predicted molar refractivity (Wildman–Crippen MR) is 125 cm³/mol. The Morgan fingerprint density at radius 2 is 1.97 bits per heavy atom. The molecule has 1 aliphatic heterocycles. The maximum absolute atomic E-state index is 14.1.